The van der Waals surface area contributed by atoms with Crippen LogP contribution in [0.5, 0.6) is 0 Å². The third kappa shape index (κ3) is 1.89. The van der Waals surface area contributed by atoms with E-state index in [1.165, 1.54) is 10.6 Å². The molecule has 0 aliphatic carbocycles. The van der Waals surface area contributed by atoms with E-state index in [4.69, 9.17) is 5.73 Å². The van der Waals surface area contributed by atoms with Crippen LogP contribution in [0.1, 0.15) is 11.1 Å². The minimum atomic E-state index is -0.932. The molecule has 0 unspecified atom stereocenters. The zero-order chi connectivity index (χ0) is 14.3. The van der Waals surface area contributed by atoms with E-state index >= 15 is 0 Å². The number of nitrogens with zero attached hydrogens (tertiary/aromatic N) is 3. The lowest BCUT2D eigenvalue weighted by Crippen LogP contribution is -2.07. The molecule has 0 radical (unpaired) electrons. The highest BCUT2D eigenvalue weighted by Gasteiger charge is 2.16. The molecule has 0 fully saturated rings. The number of halogens is 2. The van der Waals surface area contributed by atoms with Gasteiger partial charge in [0.15, 0.2) is 11.6 Å². The number of benzene rings is 1. The maximum Gasteiger partial charge on any atom is 0.201 e. The third-order valence-electron chi connectivity index (χ3n) is 3.29. The molecule has 2 aromatic heterocycles. The van der Waals surface area contributed by atoms with Crippen molar-refractivity contribution in [1.29, 1.82) is 0 Å². The highest BCUT2D eigenvalue weighted by Crippen LogP contribution is 2.24. The number of fused-ring (bicyclic) bond motifs is 1. The molecule has 0 amide bonds. The lowest BCUT2D eigenvalue weighted by Gasteiger charge is -2.09. The van der Waals surface area contributed by atoms with Crippen LogP contribution in [-0.4, -0.2) is 14.5 Å². The first kappa shape index (κ1) is 12.5. The quantitative estimate of drug-likeness (QED) is 0.781. The Balaban J connectivity index is 2.19. The van der Waals surface area contributed by atoms with Gasteiger partial charge < -0.3 is 10.3 Å². The van der Waals surface area contributed by atoms with Crippen LogP contribution in [0.15, 0.2) is 30.6 Å². The van der Waals surface area contributed by atoms with Crippen LogP contribution in [0.2, 0.25) is 0 Å². The van der Waals surface area contributed by atoms with E-state index in [9.17, 15) is 8.78 Å². The van der Waals surface area contributed by atoms with Crippen LogP contribution in [0, 0.1) is 18.6 Å². The SMILES string of the molecule is Cc1cnccc1Cn1c(N)nc2ccc(F)c(F)c21. The largest absolute Gasteiger partial charge is 0.369 e. The van der Waals surface area contributed by atoms with Crippen LogP contribution >= 0.6 is 0 Å². The maximum atomic E-state index is 14.0. The number of nitrogen functional groups attached to an aromatic ring is 1. The van der Waals surface area contributed by atoms with Crippen molar-refractivity contribution in [3.8, 4) is 0 Å². The van der Waals surface area contributed by atoms with E-state index in [1.54, 1.807) is 12.4 Å². The van der Waals surface area contributed by atoms with Crippen molar-refractivity contribution < 1.29 is 8.78 Å². The summed E-state index contributed by atoms with van der Waals surface area (Å²) in [5.74, 6) is -1.69. The van der Waals surface area contributed by atoms with Crippen molar-refractivity contribution in [2.45, 2.75) is 13.5 Å². The molecule has 4 nitrogen and oxygen atoms in total. The number of pyridine rings is 1. The topological polar surface area (TPSA) is 56.7 Å². The monoisotopic (exact) mass is 274 g/mol. The van der Waals surface area contributed by atoms with Gasteiger partial charge in [-0.05, 0) is 36.2 Å². The van der Waals surface area contributed by atoms with Crippen LogP contribution in [0.25, 0.3) is 11.0 Å². The Morgan fingerprint density at radius 1 is 1.25 bits per heavy atom. The summed E-state index contributed by atoms with van der Waals surface area (Å²) in [6.45, 7) is 2.21. The number of anilines is 1. The molecule has 0 atom stereocenters. The normalized spacial score (nSPS) is 11.2. The van der Waals surface area contributed by atoms with Gasteiger partial charge in [0.05, 0.1) is 12.1 Å². The molecule has 2 N–H and O–H groups in total. The average Bonchev–Trinajstić information content (AvgIpc) is 2.74. The highest BCUT2D eigenvalue weighted by atomic mass is 19.2. The Labute approximate surface area is 113 Å². The third-order valence-corrected chi connectivity index (χ3v) is 3.29. The first-order chi connectivity index (χ1) is 9.58. The lowest BCUT2D eigenvalue weighted by molar-refractivity contribution is 0.512. The number of aryl methyl sites for hydroxylation is 1. The van der Waals surface area contributed by atoms with E-state index < -0.39 is 11.6 Å². The summed E-state index contributed by atoms with van der Waals surface area (Å²) < 4.78 is 28.8. The predicted molar refractivity (Wildman–Crippen MR) is 72.1 cm³/mol. The van der Waals surface area contributed by atoms with Crippen molar-refractivity contribution in [2.24, 2.45) is 0 Å². The van der Waals surface area contributed by atoms with E-state index in [0.717, 1.165) is 17.2 Å². The Kier molecular flexibility index (Phi) is 2.85. The minimum absolute atomic E-state index is 0.0821. The molecule has 0 aliphatic rings. The van der Waals surface area contributed by atoms with E-state index in [2.05, 4.69) is 9.97 Å². The summed E-state index contributed by atoms with van der Waals surface area (Å²) in [6.07, 6.45) is 3.36. The van der Waals surface area contributed by atoms with Crippen LogP contribution in [-0.2, 0) is 6.54 Å². The number of nitrogens with two attached hydrogens (primary N) is 1. The Morgan fingerprint density at radius 3 is 2.80 bits per heavy atom. The molecule has 2 heterocycles. The molecular formula is C14H12F2N4. The minimum Gasteiger partial charge on any atom is -0.369 e. The Morgan fingerprint density at radius 2 is 2.05 bits per heavy atom. The summed E-state index contributed by atoms with van der Waals surface area (Å²) in [5.41, 5.74) is 8.12. The summed E-state index contributed by atoms with van der Waals surface area (Å²) in [4.78, 5) is 8.06. The highest BCUT2D eigenvalue weighted by molar-refractivity contribution is 5.79. The van der Waals surface area contributed by atoms with Gasteiger partial charge in [0.25, 0.3) is 0 Å². The van der Waals surface area contributed by atoms with Crippen LogP contribution in [0.4, 0.5) is 14.7 Å². The number of aromatic nitrogens is 3. The van der Waals surface area contributed by atoms with Gasteiger partial charge in [0, 0.05) is 12.4 Å². The van der Waals surface area contributed by atoms with Gasteiger partial charge in [0.2, 0.25) is 5.95 Å². The van der Waals surface area contributed by atoms with Gasteiger partial charge in [-0.15, -0.1) is 0 Å². The fourth-order valence-corrected chi connectivity index (χ4v) is 2.19. The Hall–Kier alpha value is -2.50. The van der Waals surface area contributed by atoms with Crippen molar-refractivity contribution >= 4 is 17.0 Å². The van der Waals surface area contributed by atoms with Crippen molar-refractivity contribution in [1.82, 2.24) is 14.5 Å². The molecule has 1 aromatic carbocycles. The van der Waals surface area contributed by atoms with E-state index in [1.807, 2.05) is 13.0 Å². The van der Waals surface area contributed by atoms with E-state index in [-0.39, 0.29) is 11.5 Å². The van der Waals surface area contributed by atoms with Gasteiger partial charge in [-0.2, -0.15) is 0 Å². The second kappa shape index (κ2) is 4.56. The number of hydrogen-bond acceptors (Lipinski definition) is 3. The summed E-state index contributed by atoms with van der Waals surface area (Å²) in [6, 6.07) is 4.28. The molecule has 0 spiro atoms. The van der Waals surface area contributed by atoms with E-state index in [0.29, 0.717) is 12.1 Å². The van der Waals surface area contributed by atoms with Gasteiger partial charge >= 0.3 is 0 Å². The predicted octanol–water partition coefficient (Wildman–Crippen LogP) is 2.65. The van der Waals surface area contributed by atoms with Crippen molar-refractivity contribution in [2.75, 3.05) is 5.73 Å². The zero-order valence-corrected chi connectivity index (χ0v) is 10.8. The van der Waals surface area contributed by atoms with Gasteiger partial charge in [-0.3, -0.25) is 4.98 Å². The van der Waals surface area contributed by atoms with Crippen molar-refractivity contribution in [3.63, 3.8) is 0 Å². The molecule has 0 bridgehead atoms. The van der Waals surface area contributed by atoms with Crippen LogP contribution in [0.3, 0.4) is 0 Å². The Bertz CT molecular complexity index is 795. The maximum absolute atomic E-state index is 14.0. The van der Waals surface area contributed by atoms with Gasteiger partial charge in [-0.1, -0.05) is 0 Å². The molecular weight excluding hydrogens is 262 g/mol. The first-order valence-electron chi connectivity index (χ1n) is 6.07. The van der Waals surface area contributed by atoms with Crippen molar-refractivity contribution in [3.05, 3.63) is 53.4 Å². The zero-order valence-electron chi connectivity index (χ0n) is 10.8. The van der Waals surface area contributed by atoms with Gasteiger partial charge in [0.1, 0.15) is 5.52 Å². The summed E-state index contributed by atoms with van der Waals surface area (Å²) >= 11 is 0. The smallest absolute Gasteiger partial charge is 0.201 e. The molecule has 0 saturated heterocycles. The average molecular weight is 274 g/mol. The standard InChI is InChI=1S/C14H12F2N4/c1-8-6-18-5-4-9(8)7-20-13-11(19-14(20)17)3-2-10(15)12(13)16/h2-6H,7H2,1H3,(H2,17,19). The second-order valence-electron chi connectivity index (χ2n) is 4.59. The second-order valence-corrected chi connectivity index (χ2v) is 4.59. The fourth-order valence-electron chi connectivity index (χ4n) is 2.19. The molecule has 102 valence electrons. The number of imidazole rings is 1. The fraction of sp³-hybridized carbons (Fsp3) is 0.143. The summed E-state index contributed by atoms with van der Waals surface area (Å²) in [5, 5.41) is 0. The van der Waals surface area contributed by atoms with Gasteiger partial charge in [-0.25, -0.2) is 13.8 Å². The molecule has 0 aliphatic heterocycles. The number of rotatable bonds is 2. The first-order valence-corrected chi connectivity index (χ1v) is 6.07. The molecule has 3 rings (SSSR count). The molecule has 6 heteroatoms. The van der Waals surface area contributed by atoms with Crippen LogP contribution < -0.4 is 5.73 Å². The number of hydrogen-bond donors (Lipinski definition) is 1. The molecule has 0 saturated carbocycles. The molecule has 3 aromatic rings. The molecule has 20 heavy (non-hydrogen) atoms. The summed E-state index contributed by atoms with van der Waals surface area (Å²) in [7, 11) is 0. The lowest BCUT2D eigenvalue weighted by atomic mass is 10.1.